The first-order valence-electron chi connectivity index (χ1n) is 16.9. The number of hydrogen-bond donors (Lipinski definition) is 6. The van der Waals surface area contributed by atoms with Crippen LogP contribution < -0.4 is 20.5 Å². The second-order valence-corrected chi connectivity index (χ2v) is 21.1. The zero-order valence-corrected chi connectivity index (χ0v) is 36.7. The molecule has 0 bridgehead atoms. The molecule has 0 heterocycles. The summed E-state index contributed by atoms with van der Waals surface area (Å²) in [5.74, 6) is -4.18. The number of benzene rings is 4. The van der Waals surface area contributed by atoms with E-state index in [-0.39, 0.29) is 63.1 Å². The molecule has 0 aliphatic heterocycles. The highest BCUT2D eigenvalue weighted by Crippen LogP contribution is 2.44. The summed E-state index contributed by atoms with van der Waals surface area (Å²) in [6.07, 6.45) is -0.600. The van der Waals surface area contributed by atoms with Gasteiger partial charge in [0.15, 0.2) is 19.7 Å². The normalized spacial score (nSPS) is 12.9. The summed E-state index contributed by atoms with van der Waals surface area (Å²) in [6, 6.07) is 7.64. The molecule has 1 amide bonds. The van der Waals surface area contributed by atoms with Gasteiger partial charge in [0.25, 0.3) is 20.2 Å². The van der Waals surface area contributed by atoms with Gasteiger partial charge in [-0.2, -0.15) is 25.3 Å². The number of nitrogens with one attached hydrogen (secondary N) is 1. The van der Waals surface area contributed by atoms with Crippen LogP contribution in [0.1, 0.15) is 12.8 Å². The molecular weight excluding hydrogens is 952 g/mol. The zero-order valence-electron chi connectivity index (χ0n) is 31.9. The van der Waals surface area contributed by atoms with Crippen LogP contribution in [-0.2, 0) is 59.3 Å². The minimum Gasteiger partial charge on any atom is -0.507 e. The summed E-state index contributed by atoms with van der Waals surface area (Å²) >= 11 is 5.54. The van der Waals surface area contributed by atoms with Crippen LogP contribution in [0.2, 0.25) is 0 Å². The van der Waals surface area contributed by atoms with E-state index in [1.165, 1.54) is 12.1 Å². The Morgan fingerprint density at radius 1 is 0.742 bits per heavy atom. The third kappa shape index (κ3) is 13.0. The number of rotatable bonds is 20. The molecule has 4 aromatic rings. The molecule has 7 N–H and O–H groups in total. The highest BCUT2D eigenvalue weighted by atomic mass is 35.5. The van der Waals surface area contributed by atoms with Crippen LogP contribution >= 0.6 is 11.6 Å². The average Bonchev–Trinajstić information content (AvgIpc) is 3.15. The number of nitrogen functional groups attached to an aromatic ring is 1. The van der Waals surface area contributed by atoms with E-state index in [1.54, 1.807) is 0 Å². The molecule has 4 rings (SSSR count). The first kappa shape index (κ1) is 49.5. The third-order valence-corrected chi connectivity index (χ3v) is 14.2. The van der Waals surface area contributed by atoms with Crippen molar-refractivity contribution in [1.29, 1.82) is 0 Å². The number of azo groups is 2. The molecule has 0 saturated heterocycles. The molecule has 0 fully saturated rings. The monoisotopic (exact) mass is 986 g/mol. The second kappa shape index (κ2) is 19.5. The van der Waals surface area contributed by atoms with Crippen LogP contribution in [0.15, 0.2) is 83.7 Å². The fourth-order valence-electron chi connectivity index (χ4n) is 5.33. The number of ether oxygens (including phenoxy) is 2. The van der Waals surface area contributed by atoms with Crippen LogP contribution in [0.3, 0.4) is 0 Å². The number of phenolic OH excluding ortho intramolecular Hbond substituents is 1. The average molecular weight is 987 g/mol. The number of sulfone groups is 2. The van der Waals surface area contributed by atoms with Crippen LogP contribution in [0.25, 0.3) is 10.8 Å². The number of nitrogens with zero attached hydrogens (tertiary/aromatic N) is 4. The van der Waals surface area contributed by atoms with Crippen molar-refractivity contribution in [2.75, 3.05) is 55.0 Å². The number of alkyl halides is 1. The van der Waals surface area contributed by atoms with E-state index in [0.29, 0.717) is 12.1 Å². The summed E-state index contributed by atoms with van der Waals surface area (Å²) in [4.78, 5) is 10.9. The Hall–Kier alpha value is -5.11. The van der Waals surface area contributed by atoms with Crippen molar-refractivity contribution in [1.82, 2.24) is 0 Å². The summed E-state index contributed by atoms with van der Waals surface area (Å²) < 4.78 is 164. The fraction of sp³-hybridized carbons (Fsp3) is 0.281. The van der Waals surface area contributed by atoms with E-state index >= 15 is 0 Å². The minimum absolute atomic E-state index is 0.0172. The quantitative estimate of drug-likeness (QED) is 0.0308. The van der Waals surface area contributed by atoms with Crippen molar-refractivity contribution < 1.29 is 79.3 Å². The maximum atomic E-state index is 13.1. The fourth-order valence-corrected chi connectivity index (χ4v) is 9.87. The summed E-state index contributed by atoms with van der Waals surface area (Å²) in [6.45, 7) is -0.979. The smallest absolute Gasteiger partial charge is 0.397 e. The molecule has 0 saturated carbocycles. The SMILES string of the molecule is COc1cc(S(=O)(=O)CCOS(=O)(=O)O)c(OC)cc1N=Nc1cc(S(=O)(=O)O)c(N=Nc2c(N)ccc3cc(S(=O)(=O)O)cc(O)c23)cc1NC(=O)CCCS(=O)(=O)CCCl. The van der Waals surface area contributed by atoms with Crippen LogP contribution in [0, 0.1) is 0 Å². The van der Waals surface area contributed by atoms with Gasteiger partial charge in [0.05, 0.1) is 59.7 Å². The Kier molecular flexibility index (Phi) is 15.6. The number of aromatic hydroxyl groups is 1. The number of halogens is 1. The topological polar surface area (TPSA) is 384 Å². The Morgan fingerprint density at radius 2 is 1.39 bits per heavy atom. The summed E-state index contributed by atoms with van der Waals surface area (Å²) in [5.41, 5.74) is 3.69. The predicted octanol–water partition coefficient (Wildman–Crippen LogP) is 4.43. The second-order valence-electron chi connectivity index (χ2n) is 12.5. The van der Waals surface area contributed by atoms with Crippen LogP contribution in [0.5, 0.6) is 17.2 Å². The Balaban J connectivity index is 1.89. The standard InChI is InChI=1S/C32H35ClN6O18S5/c1-55-26-17-29(59(44,45)11-8-57-62(52,53)54)27(56-2)15-23(26)37-36-22-16-28(61(49,50)51)24(14-21(22)35-30(41)4-3-9-58(42,43)10-7-33)38-39-32-20(34)6-5-18-12-19(60(46,47)48)13-25(40)31(18)32/h5-6,12-17,40H,3-4,7-11,34H2,1-2H3,(H,35,41)(H,46,47,48)(H,49,50,51)(H,52,53,54). The van der Waals surface area contributed by atoms with Gasteiger partial charge in [-0.15, -0.1) is 32.1 Å². The van der Waals surface area contributed by atoms with Crippen molar-refractivity contribution in [3.63, 3.8) is 0 Å². The van der Waals surface area contributed by atoms with E-state index in [2.05, 4.69) is 30.0 Å². The molecule has 0 aromatic heterocycles. The largest absolute Gasteiger partial charge is 0.507 e. The van der Waals surface area contributed by atoms with Gasteiger partial charge >= 0.3 is 10.4 Å². The zero-order chi connectivity index (χ0) is 46.4. The Labute approximate surface area is 359 Å². The molecule has 4 aromatic carbocycles. The molecule has 0 spiro atoms. The maximum absolute atomic E-state index is 13.1. The van der Waals surface area contributed by atoms with Gasteiger partial charge in [-0.05, 0) is 36.1 Å². The lowest BCUT2D eigenvalue weighted by Crippen LogP contribution is -2.16. The first-order chi connectivity index (χ1) is 28.7. The number of amides is 1. The highest BCUT2D eigenvalue weighted by molar-refractivity contribution is 7.91. The lowest BCUT2D eigenvalue weighted by molar-refractivity contribution is -0.116. The van der Waals surface area contributed by atoms with Gasteiger partial charge in [0.1, 0.15) is 49.8 Å². The number of methoxy groups -OCH3 is 2. The van der Waals surface area contributed by atoms with E-state index in [9.17, 15) is 61.1 Å². The molecule has 0 unspecified atom stereocenters. The number of anilines is 2. The summed E-state index contributed by atoms with van der Waals surface area (Å²) in [7, 11) is -20.9. The molecular formula is C32H35ClN6O18S5. The van der Waals surface area contributed by atoms with Gasteiger partial charge in [-0.25, -0.2) is 21.0 Å². The molecule has 0 aliphatic rings. The van der Waals surface area contributed by atoms with E-state index < -0.39 is 113 Å². The van der Waals surface area contributed by atoms with Gasteiger partial charge in [0.2, 0.25) is 5.91 Å². The molecule has 62 heavy (non-hydrogen) atoms. The van der Waals surface area contributed by atoms with Crippen molar-refractivity contribution in [2.45, 2.75) is 27.5 Å². The van der Waals surface area contributed by atoms with Crippen LogP contribution in [0.4, 0.5) is 34.1 Å². The van der Waals surface area contributed by atoms with E-state index in [4.69, 9.17) is 31.4 Å². The highest BCUT2D eigenvalue weighted by Gasteiger charge is 2.26. The van der Waals surface area contributed by atoms with Gasteiger partial charge < -0.3 is 25.6 Å². The number of fused-ring (bicyclic) bond motifs is 1. The van der Waals surface area contributed by atoms with Gasteiger partial charge in [-0.3, -0.25) is 18.5 Å². The van der Waals surface area contributed by atoms with Gasteiger partial charge in [-0.1, -0.05) is 6.07 Å². The molecule has 24 nitrogen and oxygen atoms in total. The Bertz CT molecular complexity index is 3040. The number of carbonyl (C=O) groups excluding carboxylic acids is 1. The molecule has 0 radical (unpaired) electrons. The van der Waals surface area contributed by atoms with E-state index in [0.717, 1.165) is 38.5 Å². The lowest BCUT2D eigenvalue weighted by Gasteiger charge is -2.14. The summed E-state index contributed by atoms with van der Waals surface area (Å²) in [5, 5.41) is 28.7. The first-order valence-corrected chi connectivity index (χ1v) is 25.1. The third-order valence-electron chi connectivity index (χ3n) is 8.16. The minimum atomic E-state index is -5.27. The molecule has 338 valence electrons. The number of phenols is 1. The maximum Gasteiger partial charge on any atom is 0.397 e. The number of carbonyl (C=O) groups is 1. The lowest BCUT2D eigenvalue weighted by atomic mass is 10.1. The molecule has 0 aliphatic carbocycles. The van der Waals surface area contributed by atoms with Crippen LogP contribution in [-0.4, -0.2) is 111 Å². The van der Waals surface area contributed by atoms with Crippen molar-refractivity contribution in [3.05, 3.63) is 48.5 Å². The van der Waals surface area contributed by atoms with Crippen molar-refractivity contribution in [2.24, 2.45) is 20.5 Å². The molecule has 0 atom stereocenters. The molecule has 30 heteroatoms. The van der Waals surface area contributed by atoms with Crippen molar-refractivity contribution >= 4 is 113 Å². The number of nitrogens with two attached hydrogens (primary N) is 1. The predicted molar refractivity (Wildman–Crippen MR) is 221 cm³/mol. The van der Waals surface area contributed by atoms with Gasteiger partial charge in [0, 0.05) is 30.5 Å². The van der Waals surface area contributed by atoms with E-state index in [1.807, 2.05) is 0 Å². The number of hydrogen-bond acceptors (Lipinski definition) is 20. The van der Waals surface area contributed by atoms with Crippen molar-refractivity contribution in [3.8, 4) is 17.2 Å². The Morgan fingerprint density at radius 3 is 1.98 bits per heavy atom.